The minimum absolute atomic E-state index is 0.566. The van der Waals surface area contributed by atoms with Gasteiger partial charge in [-0.15, -0.1) is 0 Å². The molecule has 0 radical (unpaired) electrons. The fourth-order valence-corrected chi connectivity index (χ4v) is 5.20. The van der Waals surface area contributed by atoms with E-state index in [9.17, 15) is 0 Å². The summed E-state index contributed by atoms with van der Waals surface area (Å²) >= 11 is 0. The van der Waals surface area contributed by atoms with E-state index in [0.29, 0.717) is 18.1 Å². The van der Waals surface area contributed by atoms with Crippen molar-refractivity contribution in [2.24, 2.45) is 11.8 Å². The normalized spacial score (nSPS) is 33.5. The van der Waals surface area contributed by atoms with Gasteiger partial charge in [-0.05, 0) is 44.6 Å². The van der Waals surface area contributed by atoms with Crippen LogP contribution in [0.5, 0.6) is 0 Å². The third-order valence-electron chi connectivity index (χ3n) is 4.07. The third kappa shape index (κ3) is 3.53. The Bertz CT molecular complexity index is 231. The number of rotatable bonds is 7. The van der Waals surface area contributed by atoms with Gasteiger partial charge in [-0.25, -0.2) is 0 Å². The Labute approximate surface area is 107 Å². The first-order valence-corrected chi connectivity index (χ1v) is 8.90. The molecular weight excluding hydrogens is 232 g/mol. The molecular formula is C13H26O3Si. The maximum absolute atomic E-state index is 5.77. The van der Waals surface area contributed by atoms with Gasteiger partial charge in [-0.3, -0.25) is 0 Å². The van der Waals surface area contributed by atoms with Gasteiger partial charge in [0.2, 0.25) is 0 Å². The summed E-state index contributed by atoms with van der Waals surface area (Å²) in [5.41, 5.74) is 0. The number of epoxide rings is 1. The highest BCUT2D eigenvalue weighted by atomic mass is 28.3. The first-order chi connectivity index (χ1) is 8.26. The number of hydrogen-bond acceptors (Lipinski definition) is 3. The molecule has 100 valence electrons. The lowest BCUT2D eigenvalue weighted by molar-refractivity contribution is 0.194. The molecule has 4 heteroatoms. The van der Waals surface area contributed by atoms with Gasteiger partial charge in [-0.2, -0.15) is 0 Å². The number of ether oxygens (including phenoxy) is 1. The molecule has 1 aliphatic carbocycles. The Hall–Kier alpha value is 0.0969. The molecule has 0 aromatic heterocycles. The van der Waals surface area contributed by atoms with Crippen LogP contribution in [0.1, 0.15) is 40.0 Å². The average molecular weight is 258 g/mol. The first kappa shape index (κ1) is 13.5. The lowest BCUT2D eigenvalue weighted by atomic mass is 9.82. The van der Waals surface area contributed by atoms with Crippen LogP contribution in [0, 0.1) is 11.8 Å². The standard InChI is InChI=1S/C13H26O3Si/c1-4-14-17(15-5-2)9-10(3)11-7-6-8-12-13(11)16-12/h10-13,17H,4-9H2,1-3H3. The van der Waals surface area contributed by atoms with Gasteiger partial charge in [0, 0.05) is 13.2 Å². The summed E-state index contributed by atoms with van der Waals surface area (Å²) in [7, 11) is -1.43. The zero-order chi connectivity index (χ0) is 12.3. The van der Waals surface area contributed by atoms with Gasteiger partial charge in [0.25, 0.3) is 0 Å². The SMILES string of the molecule is CCO[SiH](CC(C)C1CCCC2OC21)OCC. The molecule has 0 amide bonds. The molecule has 1 saturated heterocycles. The van der Waals surface area contributed by atoms with E-state index in [1.165, 1.54) is 19.3 Å². The fraction of sp³-hybridized carbons (Fsp3) is 1.00. The van der Waals surface area contributed by atoms with Gasteiger partial charge < -0.3 is 13.6 Å². The topological polar surface area (TPSA) is 31.0 Å². The average Bonchev–Trinajstić information content (AvgIpc) is 3.08. The van der Waals surface area contributed by atoms with E-state index in [-0.39, 0.29) is 0 Å². The van der Waals surface area contributed by atoms with Gasteiger partial charge in [-0.1, -0.05) is 13.3 Å². The molecule has 3 nitrogen and oxygen atoms in total. The lowest BCUT2D eigenvalue weighted by Gasteiger charge is -2.27. The molecule has 1 saturated carbocycles. The summed E-state index contributed by atoms with van der Waals surface area (Å²) in [6.07, 6.45) is 5.12. The summed E-state index contributed by atoms with van der Waals surface area (Å²) < 4.78 is 17.3. The summed E-state index contributed by atoms with van der Waals surface area (Å²) in [6, 6.07) is 1.14. The van der Waals surface area contributed by atoms with Crippen LogP contribution in [0.4, 0.5) is 0 Å². The van der Waals surface area contributed by atoms with E-state index in [1.807, 2.05) is 0 Å². The van der Waals surface area contributed by atoms with Crippen molar-refractivity contribution in [3.63, 3.8) is 0 Å². The molecule has 4 atom stereocenters. The molecule has 4 unspecified atom stereocenters. The Morgan fingerprint density at radius 3 is 2.59 bits per heavy atom. The third-order valence-corrected chi connectivity index (χ3v) is 6.61. The minimum Gasteiger partial charge on any atom is -0.397 e. The van der Waals surface area contributed by atoms with Crippen molar-refractivity contribution in [2.75, 3.05) is 13.2 Å². The molecule has 17 heavy (non-hydrogen) atoms. The van der Waals surface area contributed by atoms with Crippen LogP contribution in [0.15, 0.2) is 0 Å². The van der Waals surface area contributed by atoms with Crippen molar-refractivity contribution in [2.45, 2.75) is 58.3 Å². The van der Waals surface area contributed by atoms with Crippen LogP contribution in [0.25, 0.3) is 0 Å². The van der Waals surface area contributed by atoms with E-state index in [0.717, 1.165) is 25.2 Å². The van der Waals surface area contributed by atoms with Crippen LogP contribution in [0.3, 0.4) is 0 Å². The van der Waals surface area contributed by atoms with E-state index < -0.39 is 9.28 Å². The highest BCUT2D eigenvalue weighted by molar-refractivity contribution is 6.44. The maximum Gasteiger partial charge on any atom is 0.321 e. The highest BCUT2D eigenvalue weighted by Crippen LogP contribution is 2.45. The fourth-order valence-electron chi connectivity index (χ4n) is 3.13. The molecule has 1 heterocycles. The molecule has 0 aromatic carbocycles. The molecule has 2 fully saturated rings. The van der Waals surface area contributed by atoms with Crippen LogP contribution in [0.2, 0.25) is 6.04 Å². The summed E-state index contributed by atoms with van der Waals surface area (Å²) in [5.74, 6) is 1.45. The second-order valence-electron chi connectivity index (χ2n) is 5.29. The lowest BCUT2D eigenvalue weighted by Crippen LogP contribution is -2.31. The minimum atomic E-state index is -1.43. The highest BCUT2D eigenvalue weighted by Gasteiger charge is 2.49. The first-order valence-electron chi connectivity index (χ1n) is 7.14. The van der Waals surface area contributed by atoms with Crippen molar-refractivity contribution in [1.82, 2.24) is 0 Å². The Morgan fingerprint density at radius 2 is 1.94 bits per heavy atom. The van der Waals surface area contributed by atoms with Crippen LogP contribution in [-0.2, 0) is 13.6 Å². The monoisotopic (exact) mass is 258 g/mol. The number of fused-ring (bicyclic) bond motifs is 1. The van der Waals surface area contributed by atoms with Crippen LogP contribution < -0.4 is 0 Å². The molecule has 2 aliphatic rings. The van der Waals surface area contributed by atoms with Crippen molar-refractivity contribution in [1.29, 1.82) is 0 Å². The molecule has 0 bridgehead atoms. The number of hydrogen-bond donors (Lipinski definition) is 0. The zero-order valence-corrected chi connectivity index (χ0v) is 12.5. The second kappa shape index (κ2) is 6.32. The van der Waals surface area contributed by atoms with E-state index in [2.05, 4.69) is 20.8 Å². The summed E-state index contributed by atoms with van der Waals surface area (Å²) in [5, 5.41) is 0. The van der Waals surface area contributed by atoms with Crippen molar-refractivity contribution in [3.8, 4) is 0 Å². The molecule has 0 spiro atoms. The molecule has 0 aromatic rings. The van der Waals surface area contributed by atoms with Gasteiger partial charge in [0.05, 0.1) is 12.2 Å². The van der Waals surface area contributed by atoms with Crippen molar-refractivity contribution < 1.29 is 13.6 Å². The smallest absolute Gasteiger partial charge is 0.321 e. The van der Waals surface area contributed by atoms with Crippen LogP contribution in [-0.4, -0.2) is 34.7 Å². The Balaban J connectivity index is 1.79. The molecule has 2 rings (SSSR count). The zero-order valence-electron chi connectivity index (χ0n) is 11.4. The Kier molecular flexibility index (Phi) is 5.03. The summed E-state index contributed by atoms with van der Waals surface area (Å²) in [6.45, 7) is 8.05. The molecule has 0 N–H and O–H groups in total. The van der Waals surface area contributed by atoms with E-state index in [4.69, 9.17) is 13.6 Å². The summed E-state index contributed by atoms with van der Waals surface area (Å²) in [4.78, 5) is 0. The largest absolute Gasteiger partial charge is 0.397 e. The van der Waals surface area contributed by atoms with Gasteiger partial charge in [0.1, 0.15) is 0 Å². The van der Waals surface area contributed by atoms with Crippen molar-refractivity contribution in [3.05, 3.63) is 0 Å². The maximum atomic E-state index is 5.77. The van der Waals surface area contributed by atoms with Gasteiger partial charge >= 0.3 is 9.28 Å². The van der Waals surface area contributed by atoms with E-state index in [1.54, 1.807) is 0 Å². The van der Waals surface area contributed by atoms with Crippen LogP contribution >= 0.6 is 0 Å². The quantitative estimate of drug-likeness (QED) is 0.519. The van der Waals surface area contributed by atoms with Gasteiger partial charge in [0.15, 0.2) is 0 Å². The van der Waals surface area contributed by atoms with Crippen molar-refractivity contribution >= 4 is 9.28 Å². The Morgan fingerprint density at radius 1 is 1.24 bits per heavy atom. The second-order valence-corrected chi connectivity index (χ2v) is 7.28. The van der Waals surface area contributed by atoms with E-state index >= 15 is 0 Å². The molecule has 1 aliphatic heterocycles. The predicted molar refractivity (Wildman–Crippen MR) is 70.4 cm³/mol. The predicted octanol–water partition coefficient (Wildman–Crippen LogP) is 2.48.